The number of hydrogen-bond acceptors (Lipinski definition) is 2. The van der Waals surface area contributed by atoms with Gasteiger partial charge in [-0.15, -0.1) is 0 Å². The Morgan fingerprint density at radius 3 is 2.44 bits per heavy atom. The minimum Gasteiger partial charge on any atom is -0.359 e. The van der Waals surface area contributed by atoms with Gasteiger partial charge >= 0.3 is 0 Å². The van der Waals surface area contributed by atoms with Gasteiger partial charge in [0, 0.05) is 25.6 Å². The van der Waals surface area contributed by atoms with E-state index < -0.39 is 0 Å². The predicted octanol–water partition coefficient (Wildman–Crippen LogP) is 2.07. The molecule has 0 aromatic rings. The fraction of sp³-hybridized carbons (Fsp3) is 0.923. The first-order valence-electron chi connectivity index (χ1n) is 6.39. The summed E-state index contributed by atoms with van der Waals surface area (Å²) in [5.41, 5.74) is 0.516. The first-order valence-corrected chi connectivity index (χ1v) is 6.39. The van der Waals surface area contributed by atoms with Gasteiger partial charge in [0.05, 0.1) is 0 Å². The summed E-state index contributed by atoms with van der Waals surface area (Å²) in [7, 11) is 1.69. The molecule has 0 heterocycles. The summed E-state index contributed by atoms with van der Waals surface area (Å²) in [4.78, 5) is 11.2. The zero-order chi connectivity index (χ0) is 12.2. The predicted molar refractivity (Wildman–Crippen MR) is 67.3 cm³/mol. The lowest BCUT2D eigenvalue weighted by molar-refractivity contribution is -0.121. The highest BCUT2D eigenvalue weighted by Gasteiger charge is 2.27. The van der Waals surface area contributed by atoms with Crippen molar-refractivity contribution < 1.29 is 4.79 Å². The number of nitrogens with one attached hydrogen (secondary N) is 2. The minimum absolute atomic E-state index is 0.121. The molecule has 3 nitrogen and oxygen atoms in total. The molecule has 0 spiro atoms. The quantitative estimate of drug-likeness (QED) is 0.770. The molecule has 94 valence electrons. The van der Waals surface area contributed by atoms with Crippen LogP contribution in [-0.2, 0) is 4.79 Å². The van der Waals surface area contributed by atoms with Crippen LogP contribution in [0.5, 0.6) is 0 Å². The molecule has 0 radical (unpaired) electrons. The van der Waals surface area contributed by atoms with E-state index in [-0.39, 0.29) is 11.9 Å². The molecule has 0 aromatic heterocycles. The van der Waals surface area contributed by atoms with Crippen molar-refractivity contribution in [2.24, 2.45) is 5.41 Å². The van der Waals surface area contributed by atoms with Gasteiger partial charge in [0.1, 0.15) is 0 Å². The smallest absolute Gasteiger partial charge is 0.221 e. The third-order valence-corrected chi connectivity index (χ3v) is 3.63. The van der Waals surface area contributed by atoms with E-state index in [9.17, 15) is 4.79 Å². The Balaban J connectivity index is 2.25. The van der Waals surface area contributed by atoms with E-state index >= 15 is 0 Å². The molecule has 1 fully saturated rings. The molecule has 3 heteroatoms. The van der Waals surface area contributed by atoms with Gasteiger partial charge < -0.3 is 10.6 Å². The molecule has 1 amide bonds. The molecule has 0 aromatic carbocycles. The highest BCUT2D eigenvalue weighted by Crippen LogP contribution is 2.35. The number of hydrogen-bond donors (Lipinski definition) is 2. The lowest BCUT2D eigenvalue weighted by atomic mass is 9.75. The van der Waals surface area contributed by atoms with Gasteiger partial charge in [0.25, 0.3) is 0 Å². The van der Waals surface area contributed by atoms with E-state index in [0.29, 0.717) is 17.9 Å². The molecule has 1 saturated carbocycles. The number of carbonyl (C=O) groups excluding carboxylic acids is 1. The molecular weight excluding hydrogens is 200 g/mol. The zero-order valence-electron chi connectivity index (χ0n) is 11.1. The normalized spacial score (nSPS) is 22.8. The van der Waals surface area contributed by atoms with E-state index in [4.69, 9.17) is 0 Å². The molecule has 16 heavy (non-hydrogen) atoms. The SMILES string of the molecule is CNC(=O)CC(C)NC1CCC(C)(C)CC1. The van der Waals surface area contributed by atoms with Crippen molar-refractivity contribution in [2.75, 3.05) is 7.05 Å². The summed E-state index contributed by atoms with van der Waals surface area (Å²) in [6.45, 7) is 6.78. The fourth-order valence-corrected chi connectivity index (χ4v) is 2.41. The summed E-state index contributed by atoms with van der Waals surface area (Å²) in [5.74, 6) is 0.121. The maximum atomic E-state index is 11.2. The second kappa shape index (κ2) is 5.67. The lowest BCUT2D eigenvalue weighted by Crippen LogP contribution is -2.42. The van der Waals surface area contributed by atoms with Crippen molar-refractivity contribution in [2.45, 2.75) is 65.0 Å². The van der Waals surface area contributed by atoms with Crippen molar-refractivity contribution in [1.29, 1.82) is 0 Å². The van der Waals surface area contributed by atoms with Crippen molar-refractivity contribution in [3.63, 3.8) is 0 Å². The minimum atomic E-state index is 0.121. The van der Waals surface area contributed by atoms with Crippen LogP contribution in [0.4, 0.5) is 0 Å². The summed E-state index contributed by atoms with van der Waals surface area (Å²) in [5, 5.41) is 6.23. The second-order valence-electron chi connectivity index (χ2n) is 5.88. The van der Waals surface area contributed by atoms with Crippen LogP contribution in [0, 0.1) is 5.41 Å². The number of rotatable bonds is 4. The highest BCUT2D eigenvalue weighted by atomic mass is 16.1. The molecule has 1 aliphatic carbocycles. The standard InChI is InChI=1S/C13H26N2O/c1-10(9-12(16)14-4)15-11-5-7-13(2,3)8-6-11/h10-11,15H,5-9H2,1-4H3,(H,14,16). The van der Waals surface area contributed by atoms with E-state index in [2.05, 4.69) is 31.4 Å². The van der Waals surface area contributed by atoms with Crippen LogP contribution < -0.4 is 10.6 Å². The van der Waals surface area contributed by atoms with Gasteiger partial charge in [-0.1, -0.05) is 13.8 Å². The first-order chi connectivity index (χ1) is 7.43. The lowest BCUT2D eigenvalue weighted by Gasteiger charge is -2.36. The summed E-state index contributed by atoms with van der Waals surface area (Å²) in [6.07, 6.45) is 5.64. The average Bonchev–Trinajstić information content (AvgIpc) is 2.21. The third kappa shape index (κ3) is 4.52. The molecule has 1 unspecified atom stereocenters. The summed E-state index contributed by atoms with van der Waals surface area (Å²) < 4.78 is 0. The van der Waals surface area contributed by atoms with E-state index in [1.807, 2.05) is 0 Å². The number of carbonyl (C=O) groups is 1. The van der Waals surface area contributed by atoms with Gasteiger partial charge in [-0.2, -0.15) is 0 Å². The Kier molecular flexibility index (Phi) is 4.78. The van der Waals surface area contributed by atoms with Gasteiger partial charge in [-0.3, -0.25) is 4.79 Å². The van der Waals surface area contributed by atoms with Gasteiger partial charge in [0.2, 0.25) is 5.91 Å². The van der Waals surface area contributed by atoms with Gasteiger partial charge in [-0.05, 0) is 38.0 Å². The summed E-state index contributed by atoms with van der Waals surface area (Å²) in [6, 6.07) is 0.888. The second-order valence-corrected chi connectivity index (χ2v) is 5.88. The molecule has 1 atom stereocenters. The fourth-order valence-electron chi connectivity index (χ4n) is 2.41. The van der Waals surface area contributed by atoms with Crippen molar-refractivity contribution >= 4 is 5.91 Å². The molecule has 2 N–H and O–H groups in total. The maximum absolute atomic E-state index is 11.2. The van der Waals surface area contributed by atoms with E-state index in [1.54, 1.807) is 7.05 Å². The first kappa shape index (κ1) is 13.5. The molecule has 0 bridgehead atoms. The van der Waals surface area contributed by atoms with Gasteiger partial charge in [-0.25, -0.2) is 0 Å². The van der Waals surface area contributed by atoms with Crippen LogP contribution >= 0.6 is 0 Å². The van der Waals surface area contributed by atoms with Crippen molar-refractivity contribution in [3.8, 4) is 0 Å². The van der Waals surface area contributed by atoms with Crippen LogP contribution in [0.25, 0.3) is 0 Å². The molecule has 0 saturated heterocycles. The van der Waals surface area contributed by atoms with E-state index in [1.165, 1.54) is 25.7 Å². The Bertz CT molecular complexity index is 228. The zero-order valence-corrected chi connectivity index (χ0v) is 11.1. The molecule has 0 aliphatic heterocycles. The van der Waals surface area contributed by atoms with Crippen LogP contribution in [0.3, 0.4) is 0 Å². The Labute approximate surface area is 99.4 Å². The monoisotopic (exact) mass is 226 g/mol. The van der Waals surface area contributed by atoms with Gasteiger partial charge in [0.15, 0.2) is 0 Å². The topological polar surface area (TPSA) is 41.1 Å². The highest BCUT2D eigenvalue weighted by molar-refractivity contribution is 5.76. The molecule has 1 aliphatic rings. The summed E-state index contributed by atoms with van der Waals surface area (Å²) >= 11 is 0. The molecular formula is C13H26N2O. The van der Waals surface area contributed by atoms with Crippen molar-refractivity contribution in [3.05, 3.63) is 0 Å². The largest absolute Gasteiger partial charge is 0.359 e. The Morgan fingerprint density at radius 2 is 1.94 bits per heavy atom. The van der Waals surface area contributed by atoms with Crippen molar-refractivity contribution in [1.82, 2.24) is 10.6 Å². The van der Waals surface area contributed by atoms with Crippen LogP contribution in [0.15, 0.2) is 0 Å². The Hall–Kier alpha value is -0.570. The van der Waals surface area contributed by atoms with Crippen LogP contribution in [0.2, 0.25) is 0 Å². The molecule has 1 rings (SSSR count). The van der Waals surface area contributed by atoms with Crippen LogP contribution in [-0.4, -0.2) is 25.0 Å². The third-order valence-electron chi connectivity index (χ3n) is 3.63. The van der Waals surface area contributed by atoms with E-state index in [0.717, 1.165) is 0 Å². The maximum Gasteiger partial charge on any atom is 0.221 e. The Morgan fingerprint density at radius 1 is 1.38 bits per heavy atom. The van der Waals surface area contributed by atoms with Crippen LogP contribution in [0.1, 0.15) is 52.9 Å². The average molecular weight is 226 g/mol. The number of amides is 1.